The molecule has 1 heterocycles. The van der Waals surface area contributed by atoms with Gasteiger partial charge in [-0.15, -0.1) is 0 Å². The van der Waals surface area contributed by atoms with E-state index in [1.165, 1.54) is 0 Å². The van der Waals surface area contributed by atoms with Gasteiger partial charge in [0, 0.05) is 0 Å². The summed E-state index contributed by atoms with van der Waals surface area (Å²) in [6.07, 6.45) is 1.24. The third-order valence-corrected chi connectivity index (χ3v) is 6.92. The number of benzene rings is 1. The fourth-order valence-corrected chi connectivity index (χ4v) is 4.97. The van der Waals surface area contributed by atoms with E-state index in [4.69, 9.17) is 0 Å². The number of aliphatic carboxylic acids is 1. The van der Waals surface area contributed by atoms with Gasteiger partial charge in [-0.1, -0.05) is 51.5 Å². The van der Waals surface area contributed by atoms with Crippen molar-refractivity contribution in [3.63, 3.8) is 0 Å². The molecule has 2 unspecified atom stereocenters. The summed E-state index contributed by atoms with van der Waals surface area (Å²) < 4.78 is 24.3. The zero-order chi connectivity index (χ0) is 19.5. The largest absolute Gasteiger partial charge is 0.481 e. The van der Waals surface area contributed by atoms with E-state index >= 15 is 0 Å². The Labute approximate surface area is 154 Å². The van der Waals surface area contributed by atoms with E-state index in [1.807, 2.05) is 12.1 Å². The van der Waals surface area contributed by atoms with Crippen LogP contribution in [0.25, 0.3) is 0 Å². The molecule has 6 nitrogen and oxygen atoms in total. The topological polar surface area (TPSA) is 101 Å². The Morgan fingerprint density at radius 1 is 1.19 bits per heavy atom. The molecule has 144 valence electrons. The first kappa shape index (κ1) is 20.4. The Hall–Kier alpha value is -1.89. The van der Waals surface area contributed by atoms with Gasteiger partial charge < -0.3 is 10.4 Å². The van der Waals surface area contributed by atoms with Crippen LogP contribution in [0, 0.1) is 0 Å². The van der Waals surface area contributed by atoms with Gasteiger partial charge in [-0.3, -0.25) is 9.59 Å². The van der Waals surface area contributed by atoms with Crippen molar-refractivity contribution in [1.82, 2.24) is 5.32 Å². The monoisotopic (exact) mass is 381 g/mol. The standard InChI is InChI=1S/C19H27NO5S/c1-19(2,3)14-9-7-13(8-10-14)15(12-17(21)22)20-18(23)16-6-4-5-11-26(16,24)25/h7-10,15-16H,4-6,11-12H2,1-3H3,(H,20,23)(H,21,22). The summed E-state index contributed by atoms with van der Waals surface area (Å²) in [5, 5.41) is 10.8. The number of hydrogen-bond donors (Lipinski definition) is 2. The summed E-state index contributed by atoms with van der Waals surface area (Å²) >= 11 is 0. The number of sulfone groups is 1. The number of carboxylic acids is 1. The molecular formula is C19H27NO5S. The highest BCUT2D eigenvalue weighted by Crippen LogP contribution is 2.26. The van der Waals surface area contributed by atoms with Crippen LogP contribution >= 0.6 is 0 Å². The maximum Gasteiger partial charge on any atom is 0.305 e. The Bertz CT molecular complexity index is 762. The maximum absolute atomic E-state index is 12.5. The van der Waals surface area contributed by atoms with Crippen LogP contribution in [0.2, 0.25) is 0 Å². The van der Waals surface area contributed by atoms with E-state index in [1.54, 1.807) is 12.1 Å². The Morgan fingerprint density at radius 2 is 1.81 bits per heavy atom. The van der Waals surface area contributed by atoms with Crippen molar-refractivity contribution in [3.8, 4) is 0 Å². The fraction of sp³-hybridized carbons (Fsp3) is 0.579. The van der Waals surface area contributed by atoms with Gasteiger partial charge in [0.15, 0.2) is 9.84 Å². The predicted octanol–water partition coefficient (Wildman–Crippen LogP) is 2.58. The van der Waals surface area contributed by atoms with Crippen molar-refractivity contribution in [2.24, 2.45) is 0 Å². The summed E-state index contributed by atoms with van der Waals surface area (Å²) in [7, 11) is -3.46. The van der Waals surface area contributed by atoms with Crippen LogP contribution in [0.1, 0.15) is 63.6 Å². The second-order valence-electron chi connectivity index (χ2n) is 7.88. The first-order valence-corrected chi connectivity index (χ1v) is 10.6. The number of nitrogens with one attached hydrogen (secondary N) is 1. The molecule has 1 aliphatic heterocycles. The SMILES string of the molecule is CC(C)(C)c1ccc(C(CC(=O)O)NC(=O)C2CCCCS2(=O)=O)cc1. The molecule has 1 fully saturated rings. The minimum atomic E-state index is -3.46. The average molecular weight is 381 g/mol. The summed E-state index contributed by atoms with van der Waals surface area (Å²) in [5.41, 5.74) is 1.71. The van der Waals surface area contributed by atoms with Gasteiger partial charge in [0.05, 0.1) is 18.2 Å². The van der Waals surface area contributed by atoms with Gasteiger partial charge in [0.1, 0.15) is 5.25 Å². The molecule has 1 amide bonds. The molecular weight excluding hydrogens is 354 g/mol. The predicted molar refractivity (Wildman–Crippen MR) is 99.7 cm³/mol. The molecule has 1 aromatic rings. The Morgan fingerprint density at radius 3 is 2.31 bits per heavy atom. The minimum Gasteiger partial charge on any atom is -0.481 e. The lowest BCUT2D eigenvalue weighted by Gasteiger charge is -2.25. The van der Waals surface area contributed by atoms with Gasteiger partial charge in [0.25, 0.3) is 0 Å². The van der Waals surface area contributed by atoms with E-state index < -0.39 is 33.0 Å². The number of carbonyl (C=O) groups is 2. The molecule has 2 rings (SSSR count). The first-order chi connectivity index (χ1) is 12.0. The molecule has 0 spiro atoms. The summed E-state index contributed by atoms with van der Waals surface area (Å²) in [5.74, 6) is -1.65. The molecule has 2 N–H and O–H groups in total. The molecule has 0 bridgehead atoms. The van der Waals surface area contributed by atoms with Gasteiger partial charge in [0.2, 0.25) is 5.91 Å². The van der Waals surface area contributed by atoms with E-state index in [0.29, 0.717) is 18.4 Å². The summed E-state index contributed by atoms with van der Waals surface area (Å²) in [6, 6.07) is 6.65. The van der Waals surface area contributed by atoms with Crippen molar-refractivity contribution in [1.29, 1.82) is 0 Å². The number of amides is 1. The third-order valence-electron chi connectivity index (χ3n) is 4.75. The number of rotatable bonds is 5. The van der Waals surface area contributed by atoms with Crippen molar-refractivity contribution in [2.45, 2.75) is 63.2 Å². The highest BCUT2D eigenvalue weighted by molar-refractivity contribution is 7.92. The highest BCUT2D eigenvalue weighted by atomic mass is 32.2. The van der Waals surface area contributed by atoms with Crippen molar-refractivity contribution < 1.29 is 23.1 Å². The Kier molecular flexibility index (Phi) is 6.11. The van der Waals surface area contributed by atoms with Gasteiger partial charge in [-0.2, -0.15) is 0 Å². The lowest BCUT2D eigenvalue weighted by molar-refractivity contribution is -0.137. The molecule has 7 heteroatoms. The quantitative estimate of drug-likeness (QED) is 0.816. The van der Waals surface area contributed by atoms with Gasteiger partial charge >= 0.3 is 5.97 Å². The Balaban J connectivity index is 2.22. The van der Waals surface area contributed by atoms with E-state index in [9.17, 15) is 23.1 Å². The normalized spacial score (nSPS) is 21.0. The average Bonchev–Trinajstić information content (AvgIpc) is 2.52. The van der Waals surface area contributed by atoms with Crippen LogP contribution in [0.4, 0.5) is 0 Å². The third kappa shape index (κ3) is 5.06. The summed E-state index contributed by atoms with van der Waals surface area (Å²) in [4.78, 5) is 23.7. The highest BCUT2D eigenvalue weighted by Gasteiger charge is 2.36. The molecule has 26 heavy (non-hydrogen) atoms. The van der Waals surface area contributed by atoms with Crippen LogP contribution < -0.4 is 5.32 Å². The molecule has 0 aliphatic carbocycles. The fourth-order valence-electron chi connectivity index (χ4n) is 3.16. The lowest BCUT2D eigenvalue weighted by atomic mass is 9.86. The first-order valence-electron chi connectivity index (χ1n) is 8.85. The molecule has 0 aromatic heterocycles. The second kappa shape index (κ2) is 7.78. The number of hydrogen-bond acceptors (Lipinski definition) is 4. The lowest BCUT2D eigenvalue weighted by Crippen LogP contribution is -2.44. The maximum atomic E-state index is 12.5. The number of carbonyl (C=O) groups excluding carboxylic acids is 1. The van der Waals surface area contributed by atoms with E-state index in [0.717, 1.165) is 5.56 Å². The smallest absolute Gasteiger partial charge is 0.305 e. The zero-order valence-corrected chi connectivity index (χ0v) is 16.3. The van der Waals surface area contributed by atoms with Crippen LogP contribution in [0.15, 0.2) is 24.3 Å². The van der Waals surface area contributed by atoms with E-state index in [-0.39, 0.29) is 24.0 Å². The van der Waals surface area contributed by atoms with Crippen molar-refractivity contribution in [2.75, 3.05) is 5.75 Å². The van der Waals surface area contributed by atoms with Crippen LogP contribution in [-0.4, -0.2) is 36.4 Å². The van der Waals surface area contributed by atoms with Crippen molar-refractivity contribution >= 4 is 21.7 Å². The molecule has 1 saturated heterocycles. The molecule has 2 atom stereocenters. The van der Waals surface area contributed by atoms with Crippen molar-refractivity contribution in [3.05, 3.63) is 35.4 Å². The van der Waals surface area contributed by atoms with Crippen LogP contribution in [-0.2, 0) is 24.8 Å². The summed E-state index contributed by atoms with van der Waals surface area (Å²) in [6.45, 7) is 6.23. The molecule has 1 aromatic carbocycles. The van der Waals surface area contributed by atoms with Crippen LogP contribution in [0.3, 0.4) is 0 Å². The molecule has 0 radical (unpaired) electrons. The molecule has 1 aliphatic rings. The van der Waals surface area contributed by atoms with Crippen LogP contribution in [0.5, 0.6) is 0 Å². The van der Waals surface area contributed by atoms with E-state index in [2.05, 4.69) is 26.1 Å². The van der Waals surface area contributed by atoms with Gasteiger partial charge in [-0.05, 0) is 29.4 Å². The second-order valence-corrected chi connectivity index (χ2v) is 10.2. The molecule has 0 saturated carbocycles. The number of carboxylic acid groups (broad SMARTS) is 1. The zero-order valence-electron chi connectivity index (χ0n) is 15.5. The minimum absolute atomic E-state index is 0.00889. The van der Waals surface area contributed by atoms with Gasteiger partial charge in [-0.25, -0.2) is 8.42 Å².